The fourth-order valence-corrected chi connectivity index (χ4v) is 4.12. The van der Waals surface area contributed by atoms with Crippen molar-refractivity contribution in [1.29, 1.82) is 0 Å². The molecule has 0 aliphatic carbocycles. The summed E-state index contributed by atoms with van der Waals surface area (Å²) in [5.41, 5.74) is 2.86. The van der Waals surface area contributed by atoms with Gasteiger partial charge in [0, 0.05) is 12.1 Å². The number of benzene rings is 2. The summed E-state index contributed by atoms with van der Waals surface area (Å²) in [7, 11) is 0. The molecule has 5 heteroatoms. The van der Waals surface area contributed by atoms with Crippen LogP contribution in [-0.4, -0.2) is 35.5 Å². The quantitative estimate of drug-likeness (QED) is 0.695. The molecule has 3 aromatic rings. The molecule has 1 atom stereocenters. The highest BCUT2D eigenvalue weighted by molar-refractivity contribution is 7.14. The van der Waals surface area contributed by atoms with Crippen molar-refractivity contribution in [2.75, 3.05) is 19.7 Å². The number of rotatable bonds is 3. The van der Waals surface area contributed by atoms with E-state index in [1.165, 1.54) is 11.3 Å². The molecule has 4 nitrogen and oxygen atoms in total. The van der Waals surface area contributed by atoms with Gasteiger partial charge < -0.3 is 9.64 Å². The van der Waals surface area contributed by atoms with Crippen LogP contribution in [0.5, 0.6) is 0 Å². The molecule has 1 aromatic heterocycles. The summed E-state index contributed by atoms with van der Waals surface area (Å²) in [6, 6.07) is 20.0. The number of aryl methyl sites for hydroxylation is 1. The highest BCUT2D eigenvalue weighted by Crippen LogP contribution is 2.31. The SMILES string of the molecule is Cc1nc(-c2ccccc2)c(C(=O)N2CCO[C@@H](c3ccccc3)C2)s1. The van der Waals surface area contributed by atoms with Gasteiger partial charge in [-0.25, -0.2) is 4.98 Å². The van der Waals surface area contributed by atoms with E-state index in [0.717, 1.165) is 21.8 Å². The number of nitrogens with zero attached hydrogens (tertiary/aromatic N) is 2. The lowest BCUT2D eigenvalue weighted by Gasteiger charge is -2.33. The van der Waals surface area contributed by atoms with E-state index >= 15 is 0 Å². The predicted molar refractivity (Wildman–Crippen MR) is 103 cm³/mol. The summed E-state index contributed by atoms with van der Waals surface area (Å²) in [6.07, 6.45) is -0.0805. The Kier molecular flexibility index (Phi) is 4.82. The Morgan fingerprint density at radius 1 is 1.12 bits per heavy atom. The molecule has 2 aromatic carbocycles. The second-order valence-corrected chi connectivity index (χ2v) is 7.50. The van der Waals surface area contributed by atoms with Crippen LogP contribution in [0, 0.1) is 6.92 Å². The highest BCUT2D eigenvalue weighted by atomic mass is 32.1. The van der Waals surface area contributed by atoms with Crippen LogP contribution in [-0.2, 0) is 4.74 Å². The molecule has 0 unspecified atom stereocenters. The van der Waals surface area contributed by atoms with Crippen molar-refractivity contribution in [1.82, 2.24) is 9.88 Å². The lowest BCUT2D eigenvalue weighted by Crippen LogP contribution is -2.42. The molecule has 1 amide bonds. The Morgan fingerprint density at radius 3 is 2.54 bits per heavy atom. The predicted octanol–water partition coefficient (Wildman–Crippen LogP) is 4.33. The van der Waals surface area contributed by atoms with Crippen molar-refractivity contribution in [2.45, 2.75) is 13.0 Å². The van der Waals surface area contributed by atoms with Crippen LogP contribution >= 0.6 is 11.3 Å². The fourth-order valence-electron chi connectivity index (χ4n) is 3.21. The monoisotopic (exact) mass is 364 g/mol. The van der Waals surface area contributed by atoms with Crippen LogP contribution in [0.2, 0.25) is 0 Å². The van der Waals surface area contributed by atoms with E-state index in [-0.39, 0.29) is 12.0 Å². The van der Waals surface area contributed by atoms with Gasteiger partial charge >= 0.3 is 0 Å². The van der Waals surface area contributed by atoms with E-state index < -0.39 is 0 Å². The number of hydrogen-bond acceptors (Lipinski definition) is 4. The Morgan fingerprint density at radius 2 is 1.81 bits per heavy atom. The van der Waals surface area contributed by atoms with Crippen molar-refractivity contribution in [3.05, 3.63) is 76.1 Å². The molecule has 0 N–H and O–H groups in total. The average molecular weight is 364 g/mol. The Bertz CT molecular complexity index is 893. The van der Waals surface area contributed by atoms with Gasteiger partial charge in [-0.15, -0.1) is 11.3 Å². The van der Waals surface area contributed by atoms with E-state index in [4.69, 9.17) is 4.74 Å². The fraction of sp³-hybridized carbons (Fsp3) is 0.238. The van der Waals surface area contributed by atoms with Gasteiger partial charge in [0.15, 0.2) is 0 Å². The molecular weight excluding hydrogens is 344 g/mol. The zero-order valence-electron chi connectivity index (χ0n) is 14.6. The first-order valence-corrected chi connectivity index (χ1v) is 9.52. The van der Waals surface area contributed by atoms with Gasteiger partial charge in [0.05, 0.1) is 23.9 Å². The van der Waals surface area contributed by atoms with E-state index in [1.807, 2.05) is 72.5 Å². The van der Waals surface area contributed by atoms with Crippen molar-refractivity contribution in [3.63, 3.8) is 0 Å². The summed E-state index contributed by atoms with van der Waals surface area (Å²) in [5.74, 6) is 0.0404. The largest absolute Gasteiger partial charge is 0.370 e. The number of ether oxygens (including phenoxy) is 1. The zero-order chi connectivity index (χ0) is 17.9. The summed E-state index contributed by atoms with van der Waals surface area (Å²) in [6.45, 7) is 3.66. The smallest absolute Gasteiger partial charge is 0.266 e. The second-order valence-electron chi connectivity index (χ2n) is 6.30. The minimum atomic E-state index is -0.0805. The van der Waals surface area contributed by atoms with Crippen molar-refractivity contribution in [2.24, 2.45) is 0 Å². The first-order valence-electron chi connectivity index (χ1n) is 8.71. The standard InChI is InChI=1S/C21H20N2O2S/c1-15-22-19(17-10-6-3-7-11-17)20(26-15)21(24)23-12-13-25-18(14-23)16-8-4-2-5-9-16/h2-11,18H,12-14H2,1H3/t18-/m1/s1. The number of hydrogen-bond donors (Lipinski definition) is 0. The van der Waals surface area contributed by atoms with Crippen LogP contribution in [0.1, 0.15) is 26.3 Å². The third kappa shape index (κ3) is 3.41. The van der Waals surface area contributed by atoms with Crippen LogP contribution in [0.25, 0.3) is 11.3 Å². The van der Waals surface area contributed by atoms with E-state index in [9.17, 15) is 4.79 Å². The number of morpholine rings is 1. The molecule has 1 saturated heterocycles. The lowest BCUT2D eigenvalue weighted by molar-refractivity contribution is -0.0226. The van der Waals surface area contributed by atoms with Gasteiger partial charge in [0.25, 0.3) is 5.91 Å². The van der Waals surface area contributed by atoms with Crippen LogP contribution in [0.15, 0.2) is 60.7 Å². The third-order valence-corrected chi connectivity index (χ3v) is 5.46. The molecular formula is C21H20N2O2S. The van der Waals surface area contributed by atoms with Gasteiger partial charge in [-0.3, -0.25) is 4.79 Å². The maximum atomic E-state index is 13.2. The molecule has 1 aliphatic rings. The van der Waals surface area contributed by atoms with Gasteiger partial charge in [0.1, 0.15) is 11.0 Å². The summed E-state index contributed by atoms with van der Waals surface area (Å²) in [4.78, 5) is 20.4. The minimum Gasteiger partial charge on any atom is -0.370 e. The number of carbonyl (C=O) groups excluding carboxylic acids is 1. The lowest BCUT2D eigenvalue weighted by atomic mass is 10.1. The highest BCUT2D eigenvalue weighted by Gasteiger charge is 2.29. The van der Waals surface area contributed by atoms with Crippen LogP contribution in [0.4, 0.5) is 0 Å². The van der Waals surface area contributed by atoms with E-state index in [2.05, 4.69) is 4.98 Å². The molecule has 0 radical (unpaired) electrons. The summed E-state index contributed by atoms with van der Waals surface area (Å²) >= 11 is 1.46. The van der Waals surface area contributed by atoms with Gasteiger partial charge in [-0.05, 0) is 12.5 Å². The molecule has 2 heterocycles. The molecule has 1 fully saturated rings. The Labute approximate surface area is 157 Å². The van der Waals surface area contributed by atoms with Crippen molar-refractivity contribution >= 4 is 17.2 Å². The van der Waals surface area contributed by atoms with E-state index in [0.29, 0.717) is 24.6 Å². The topological polar surface area (TPSA) is 42.4 Å². The molecule has 0 bridgehead atoms. The van der Waals surface area contributed by atoms with Crippen molar-refractivity contribution in [3.8, 4) is 11.3 Å². The third-order valence-electron chi connectivity index (χ3n) is 4.50. The normalized spacial score (nSPS) is 17.3. The first kappa shape index (κ1) is 16.9. The summed E-state index contributed by atoms with van der Waals surface area (Å²) < 4.78 is 5.89. The summed E-state index contributed by atoms with van der Waals surface area (Å²) in [5, 5.41) is 0.903. The number of aromatic nitrogens is 1. The Balaban J connectivity index is 1.60. The maximum Gasteiger partial charge on any atom is 0.266 e. The molecule has 26 heavy (non-hydrogen) atoms. The number of amides is 1. The number of carbonyl (C=O) groups is 1. The van der Waals surface area contributed by atoms with Gasteiger partial charge in [-0.1, -0.05) is 60.7 Å². The average Bonchev–Trinajstić information content (AvgIpc) is 3.10. The Hall–Kier alpha value is -2.50. The van der Waals surface area contributed by atoms with Crippen LogP contribution in [0.3, 0.4) is 0 Å². The molecule has 132 valence electrons. The van der Waals surface area contributed by atoms with Gasteiger partial charge in [0.2, 0.25) is 0 Å². The second kappa shape index (κ2) is 7.40. The maximum absolute atomic E-state index is 13.2. The molecule has 4 rings (SSSR count). The molecule has 0 spiro atoms. The molecule has 1 aliphatic heterocycles. The van der Waals surface area contributed by atoms with Crippen LogP contribution < -0.4 is 0 Å². The minimum absolute atomic E-state index is 0.0404. The number of thiazole rings is 1. The van der Waals surface area contributed by atoms with Gasteiger partial charge in [-0.2, -0.15) is 0 Å². The first-order chi connectivity index (χ1) is 12.7. The molecule has 0 saturated carbocycles. The zero-order valence-corrected chi connectivity index (χ0v) is 15.4. The van der Waals surface area contributed by atoms with E-state index in [1.54, 1.807) is 0 Å². The van der Waals surface area contributed by atoms with Crippen molar-refractivity contribution < 1.29 is 9.53 Å².